The molecule has 0 fully saturated rings. The average Bonchev–Trinajstić information content (AvgIpc) is 2.27. The van der Waals surface area contributed by atoms with Gasteiger partial charge in [0, 0.05) is 21.8 Å². The van der Waals surface area contributed by atoms with Crippen LogP contribution in [0.1, 0.15) is 29.3 Å². The van der Waals surface area contributed by atoms with Crippen LogP contribution in [0, 0.1) is 6.92 Å². The third-order valence-electron chi connectivity index (χ3n) is 2.50. The Bertz CT molecular complexity index is 375. The minimum atomic E-state index is 0.00954. The fraction of sp³-hybridized carbons (Fsp3) is 0.462. The highest BCUT2D eigenvalue weighted by Gasteiger charge is 2.12. The molecule has 1 atom stereocenters. The highest BCUT2D eigenvalue weighted by molar-refractivity contribution is 9.10. The maximum absolute atomic E-state index is 12.1. The van der Waals surface area contributed by atoms with Crippen LogP contribution in [0.2, 0.25) is 0 Å². The Balaban J connectivity index is 2.75. The summed E-state index contributed by atoms with van der Waals surface area (Å²) in [4.78, 5) is 12.1. The van der Waals surface area contributed by atoms with E-state index >= 15 is 0 Å². The highest BCUT2D eigenvalue weighted by Crippen LogP contribution is 2.15. The summed E-state index contributed by atoms with van der Waals surface area (Å²) in [5.74, 6) is 0.963. The van der Waals surface area contributed by atoms with E-state index in [0.717, 1.165) is 27.8 Å². The first-order chi connectivity index (χ1) is 8.06. The number of amides is 1. The van der Waals surface area contributed by atoms with E-state index in [4.69, 9.17) is 0 Å². The van der Waals surface area contributed by atoms with Crippen LogP contribution >= 0.6 is 27.7 Å². The molecule has 0 bridgehead atoms. The van der Waals surface area contributed by atoms with Crippen LogP contribution in [0.3, 0.4) is 0 Å². The zero-order chi connectivity index (χ0) is 12.8. The Morgan fingerprint density at radius 3 is 2.71 bits per heavy atom. The van der Waals surface area contributed by atoms with Gasteiger partial charge in [0.05, 0.1) is 0 Å². The second-order valence-corrected chi connectivity index (χ2v) is 5.88. The van der Waals surface area contributed by atoms with Crippen LogP contribution in [0.4, 0.5) is 0 Å². The van der Waals surface area contributed by atoms with Crippen molar-refractivity contribution in [2.24, 2.45) is 0 Å². The molecule has 0 heterocycles. The third kappa shape index (κ3) is 4.72. The summed E-state index contributed by atoms with van der Waals surface area (Å²) in [6.07, 6.45) is 3.01. The molecule has 0 spiro atoms. The van der Waals surface area contributed by atoms with E-state index in [-0.39, 0.29) is 11.9 Å². The Hall–Kier alpha value is -0.480. The molecule has 17 heavy (non-hydrogen) atoms. The fourth-order valence-electron chi connectivity index (χ4n) is 1.60. The molecule has 0 radical (unpaired) electrons. The van der Waals surface area contributed by atoms with Crippen molar-refractivity contribution >= 4 is 33.6 Å². The molecule has 4 heteroatoms. The molecule has 1 unspecified atom stereocenters. The van der Waals surface area contributed by atoms with Crippen molar-refractivity contribution in [3.05, 3.63) is 33.8 Å². The van der Waals surface area contributed by atoms with Crippen molar-refractivity contribution in [3.63, 3.8) is 0 Å². The second-order valence-electron chi connectivity index (χ2n) is 4.05. The van der Waals surface area contributed by atoms with Crippen LogP contribution in [0.5, 0.6) is 0 Å². The molecule has 94 valence electrons. The van der Waals surface area contributed by atoms with Gasteiger partial charge in [-0.15, -0.1) is 0 Å². The summed E-state index contributed by atoms with van der Waals surface area (Å²) in [5.41, 5.74) is 1.80. The van der Waals surface area contributed by atoms with Crippen LogP contribution in [0.25, 0.3) is 0 Å². The lowest BCUT2D eigenvalue weighted by Gasteiger charge is -2.16. The first-order valence-corrected chi connectivity index (χ1v) is 7.82. The van der Waals surface area contributed by atoms with Gasteiger partial charge >= 0.3 is 0 Å². The molecule has 0 aliphatic carbocycles. The third-order valence-corrected chi connectivity index (χ3v) is 3.69. The van der Waals surface area contributed by atoms with Gasteiger partial charge in [-0.25, -0.2) is 0 Å². The van der Waals surface area contributed by atoms with Crippen molar-refractivity contribution in [1.29, 1.82) is 0 Å². The number of carbonyl (C=O) groups is 1. The maximum atomic E-state index is 12.1. The summed E-state index contributed by atoms with van der Waals surface area (Å²) < 4.78 is 0.945. The second kappa shape index (κ2) is 7.07. The van der Waals surface area contributed by atoms with Gasteiger partial charge < -0.3 is 5.32 Å². The number of benzene rings is 1. The summed E-state index contributed by atoms with van der Waals surface area (Å²) in [6, 6.07) is 6.01. The summed E-state index contributed by atoms with van der Waals surface area (Å²) >= 11 is 5.16. The number of hydrogen-bond acceptors (Lipinski definition) is 2. The van der Waals surface area contributed by atoms with Gasteiger partial charge in [-0.3, -0.25) is 4.79 Å². The van der Waals surface area contributed by atoms with E-state index in [0.29, 0.717) is 0 Å². The SMILES string of the molecule is CCC(CSC)NC(=O)c1cc(C)cc(Br)c1. The van der Waals surface area contributed by atoms with E-state index in [1.165, 1.54) is 0 Å². The van der Waals surface area contributed by atoms with Crippen LogP contribution in [-0.4, -0.2) is 24.0 Å². The monoisotopic (exact) mass is 315 g/mol. The normalized spacial score (nSPS) is 12.2. The molecule has 0 aromatic heterocycles. The Kier molecular flexibility index (Phi) is 6.06. The van der Waals surface area contributed by atoms with Gasteiger partial charge in [0.15, 0.2) is 0 Å². The van der Waals surface area contributed by atoms with Gasteiger partial charge in [-0.2, -0.15) is 11.8 Å². The molecule has 0 saturated heterocycles. The topological polar surface area (TPSA) is 29.1 Å². The molecule has 1 amide bonds. The van der Waals surface area contributed by atoms with Crippen LogP contribution < -0.4 is 5.32 Å². The van der Waals surface area contributed by atoms with E-state index in [2.05, 4.69) is 34.4 Å². The van der Waals surface area contributed by atoms with Gasteiger partial charge in [0.2, 0.25) is 0 Å². The number of halogens is 1. The van der Waals surface area contributed by atoms with Crippen molar-refractivity contribution < 1.29 is 4.79 Å². The smallest absolute Gasteiger partial charge is 0.251 e. The minimum Gasteiger partial charge on any atom is -0.348 e. The molecule has 1 rings (SSSR count). The van der Waals surface area contributed by atoms with Crippen molar-refractivity contribution in [2.75, 3.05) is 12.0 Å². The largest absolute Gasteiger partial charge is 0.348 e. The Morgan fingerprint density at radius 1 is 1.47 bits per heavy atom. The van der Waals surface area contributed by atoms with Crippen molar-refractivity contribution in [1.82, 2.24) is 5.32 Å². The zero-order valence-electron chi connectivity index (χ0n) is 10.4. The van der Waals surface area contributed by atoms with E-state index in [9.17, 15) is 4.79 Å². The minimum absolute atomic E-state index is 0.00954. The van der Waals surface area contributed by atoms with Gasteiger partial charge in [-0.05, 0) is 43.4 Å². The maximum Gasteiger partial charge on any atom is 0.251 e. The highest BCUT2D eigenvalue weighted by atomic mass is 79.9. The molecule has 0 saturated carbocycles. The summed E-state index contributed by atoms with van der Waals surface area (Å²) in [6.45, 7) is 4.08. The molecule has 1 aromatic rings. The van der Waals surface area contributed by atoms with Crippen LogP contribution in [-0.2, 0) is 0 Å². The fourth-order valence-corrected chi connectivity index (χ4v) is 2.93. The van der Waals surface area contributed by atoms with Crippen LogP contribution in [0.15, 0.2) is 22.7 Å². The number of nitrogens with one attached hydrogen (secondary N) is 1. The van der Waals surface area contributed by atoms with Crippen molar-refractivity contribution in [2.45, 2.75) is 26.3 Å². The number of aryl methyl sites for hydroxylation is 1. The molecule has 0 aliphatic heterocycles. The summed E-state index contributed by atoms with van der Waals surface area (Å²) in [5, 5.41) is 3.06. The Labute approximate surface area is 116 Å². The standard InChI is InChI=1S/C13H18BrNOS/c1-4-12(8-17-3)15-13(16)10-5-9(2)6-11(14)7-10/h5-7,12H,4,8H2,1-3H3,(H,15,16). The quantitative estimate of drug-likeness (QED) is 0.899. The lowest BCUT2D eigenvalue weighted by atomic mass is 10.1. The number of carbonyl (C=O) groups excluding carboxylic acids is 1. The molecule has 2 nitrogen and oxygen atoms in total. The Morgan fingerprint density at radius 2 is 2.18 bits per heavy atom. The van der Waals surface area contributed by atoms with E-state index < -0.39 is 0 Å². The number of rotatable bonds is 5. The van der Waals surface area contributed by atoms with Crippen molar-refractivity contribution in [3.8, 4) is 0 Å². The first kappa shape index (κ1) is 14.6. The average molecular weight is 316 g/mol. The summed E-state index contributed by atoms with van der Waals surface area (Å²) in [7, 11) is 0. The first-order valence-electron chi connectivity index (χ1n) is 5.63. The lowest BCUT2D eigenvalue weighted by Crippen LogP contribution is -2.36. The van der Waals surface area contributed by atoms with E-state index in [1.807, 2.05) is 25.1 Å². The van der Waals surface area contributed by atoms with Gasteiger partial charge in [-0.1, -0.05) is 22.9 Å². The predicted molar refractivity (Wildman–Crippen MR) is 78.8 cm³/mol. The van der Waals surface area contributed by atoms with E-state index in [1.54, 1.807) is 11.8 Å². The molecular formula is C13H18BrNOS. The van der Waals surface area contributed by atoms with Gasteiger partial charge in [0.25, 0.3) is 5.91 Å². The number of thioether (sulfide) groups is 1. The van der Waals surface area contributed by atoms with Gasteiger partial charge in [0.1, 0.15) is 0 Å². The molecular weight excluding hydrogens is 298 g/mol. The molecule has 1 N–H and O–H groups in total. The zero-order valence-corrected chi connectivity index (χ0v) is 12.8. The molecule has 1 aromatic carbocycles. The predicted octanol–water partition coefficient (Wildman–Crippen LogP) is 3.63. The number of hydrogen-bond donors (Lipinski definition) is 1. The lowest BCUT2D eigenvalue weighted by molar-refractivity contribution is 0.0940. The molecule has 0 aliphatic rings.